The first kappa shape index (κ1) is 18.2. The van der Waals surface area contributed by atoms with Gasteiger partial charge in [-0.25, -0.2) is 0 Å². The van der Waals surface area contributed by atoms with Crippen LogP contribution in [0, 0.1) is 5.92 Å². The number of nitrogens with zero attached hydrogens (tertiary/aromatic N) is 1. The maximum Gasteiger partial charge on any atom is 0.242 e. The smallest absolute Gasteiger partial charge is 0.242 e. The minimum Gasteiger partial charge on any atom is -0.347 e. The molecule has 1 rings (SSSR count). The molecule has 122 valence electrons. The van der Waals surface area contributed by atoms with Gasteiger partial charge in [-0.15, -0.1) is 0 Å². The van der Waals surface area contributed by atoms with Crippen LogP contribution in [-0.2, 0) is 16.1 Å². The molecule has 0 aromatic heterocycles. The quantitative estimate of drug-likeness (QED) is 0.802. The average molecular weight is 304 g/mol. The van der Waals surface area contributed by atoms with Crippen molar-refractivity contribution >= 4 is 11.8 Å². The summed E-state index contributed by atoms with van der Waals surface area (Å²) in [6, 6.07) is 10.00. The van der Waals surface area contributed by atoms with Crippen LogP contribution in [0.2, 0.25) is 0 Å². The molecular formula is C18H28N2O2. The summed E-state index contributed by atoms with van der Waals surface area (Å²) in [6.07, 6.45) is 1.60. The third kappa shape index (κ3) is 5.51. The Balaban J connectivity index is 2.61. The van der Waals surface area contributed by atoms with E-state index in [-0.39, 0.29) is 30.3 Å². The predicted molar refractivity (Wildman–Crippen MR) is 89.2 cm³/mol. The van der Waals surface area contributed by atoms with E-state index in [1.165, 1.54) is 0 Å². The molecule has 1 aromatic rings. The molecule has 1 aromatic carbocycles. The molecule has 1 N–H and O–H groups in total. The zero-order chi connectivity index (χ0) is 16.5. The Labute approximate surface area is 133 Å². The lowest BCUT2D eigenvalue weighted by atomic mass is 10.0. The van der Waals surface area contributed by atoms with Crippen LogP contribution in [0.3, 0.4) is 0 Å². The Kier molecular flexibility index (Phi) is 7.64. The highest BCUT2D eigenvalue weighted by Crippen LogP contribution is 2.09. The van der Waals surface area contributed by atoms with Gasteiger partial charge in [0.25, 0.3) is 0 Å². The summed E-state index contributed by atoms with van der Waals surface area (Å²) in [6.45, 7) is 8.60. The molecule has 0 heterocycles. The first-order chi connectivity index (χ1) is 10.5. The van der Waals surface area contributed by atoms with Crippen LogP contribution in [-0.4, -0.2) is 29.3 Å². The standard InChI is InChI=1S/C18H28N2O2/c1-5-16(6-2)18(22)19-12-17(21)20(14(3)4)13-15-10-8-7-9-11-15/h7-11,14,16H,5-6,12-13H2,1-4H3,(H,19,22). The summed E-state index contributed by atoms with van der Waals surface area (Å²) in [5.74, 6) is -0.0747. The molecule has 0 aliphatic rings. The Hall–Kier alpha value is -1.84. The molecule has 4 nitrogen and oxygen atoms in total. The SMILES string of the molecule is CCC(CC)C(=O)NCC(=O)N(Cc1ccccc1)C(C)C. The molecule has 0 saturated heterocycles. The van der Waals surface area contributed by atoms with Crippen molar-refractivity contribution in [2.45, 2.75) is 53.1 Å². The number of nitrogens with one attached hydrogen (secondary N) is 1. The van der Waals surface area contributed by atoms with Crippen LogP contribution < -0.4 is 5.32 Å². The van der Waals surface area contributed by atoms with Crippen LogP contribution in [0.4, 0.5) is 0 Å². The monoisotopic (exact) mass is 304 g/mol. The van der Waals surface area contributed by atoms with E-state index in [9.17, 15) is 9.59 Å². The summed E-state index contributed by atoms with van der Waals surface area (Å²) < 4.78 is 0. The number of hydrogen-bond donors (Lipinski definition) is 1. The summed E-state index contributed by atoms with van der Waals surface area (Å²) in [4.78, 5) is 26.2. The van der Waals surface area contributed by atoms with Gasteiger partial charge in [0.1, 0.15) is 0 Å². The van der Waals surface area contributed by atoms with Crippen molar-refractivity contribution in [2.24, 2.45) is 5.92 Å². The van der Waals surface area contributed by atoms with Crippen LogP contribution in [0.5, 0.6) is 0 Å². The highest BCUT2D eigenvalue weighted by molar-refractivity contribution is 5.85. The van der Waals surface area contributed by atoms with Crippen molar-refractivity contribution in [2.75, 3.05) is 6.54 Å². The summed E-state index contributed by atoms with van der Waals surface area (Å²) >= 11 is 0. The van der Waals surface area contributed by atoms with E-state index in [1.54, 1.807) is 4.90 Å². The zero-order valence-electron chi connectivity index (χ0n) is 14.1. The number of amides is 2. The molecule has 22 heavy (non-hydrogen) atoms. The Morgan fingerprint density at radius 2 is 1.68 bits per heavy atom. The molecule has 0 bridgehead atoms. The number of carbonyl (C=O) groups is 2. The molecule has 0 radical (unpaired) electrons. The molecule has 4 heteroatoms. The minimum atomic E-state index is -0.0434. The van der Waals surface area contributed by atoms with E-state index < -0.39 is 0 Å². The fraction of sp³-hybridized carbons (Fsp3) is 0.556. The second-order valence-corrected chi connectivity index (χ2v) is 5.83. The lowest BCUT2D eigenvalue weighted by Crippen LogP contribution is -2.44. The summed E-state index contributed by atoms with van der Waals surface area (Å²) in [7, 11) is 0. The van der Waals surface area contributed by atoms with E-state index in [0.717, 1.165) is 18.4 Å². The molecule has 2 amide bonds. The van der Waals surface area contributed by atoms with Crippen molar-refractivity contribution < 1.29 is 9.59 Å². The number of benzene rings is 1. The van der Waals surface area contributed by atoms with E-state index >= 15 is 0 Å². The van der Waals surface area contributed by atoms with Gasteiger partial charge in [0.15, 0.2) is 0 Å². The van der Waals surface area contributed by atoms with Crippen molar-refractivity contribution in [3.05, 3.63) is 35.9 Å². The van der Waals surface area contributed by atoms with E-state index in [4.69, 9.17) is 0 Å². The molecule has 0 saturated carbocycles. The van der Waals surface area contributed by atoms with Gasteiger partial charge in [0.2, 0.25) is 11.8 Å². The number of carbonyl (C=O) groups excluding carboxylic acids is 2. The maximum atomic E-state index is 12.4. The zero-order valence-corrected chi connectivity index (χ0v) is 14.1. The molecule has 0 atom stereocenters. The second kappa shape index (κ2) is 9.23. The van der Waals surface area contributed by atoms with Crippen molar-refractivity contribution in [3.8, 4) is 0 Å². The highest BCUT2D eigenvalue weighted by atomic mass is 16.2. The van der Waals surface area contributed by atoms with Gasteiger partial charge in [0.05, 0.1) is 6.54 Å². The Morgan fingerprint density at radius 1 is 1.09 bits per heavy atom. The first-order valence-electron chi connectivity index (χ1n) is 8.10. The van der Waals surface area contributed by atoms with Crippen LogP contribution in [0.15, 0.2) is 30.3 Å². The van der Waals surface area contributed by atoms with Gasteiger partial charge >= 0.3 is 0 Å². The molecule has 0 unspecified atom stereocenters. The Bertz CT molecular complexity index is 467. The van der Waals surface area contributed by atoms with E-state index in [2.05, 4.69) is 5.32 Å². The molecule has 0 fully saturated rings. The second-order valence-electron chi connectivity index (χ2n) is 5.83. The van der Waals surface area contributed by atoms with Crippen molar-refractivity contribution in [1.82, 2.24) is 10.2 Å². The van der Waals surface area contributed by atoms with Crippen molar-refractivity contribution in [1.29, 1.82) is 0 Å². The molecule has 0 aliphatic carbocycles. The summed E-state index contributed by atoms with van der Waals surface area (Å²) in [5.41, 5.74) is 1.09. The largest absolute Gasteiger partial charge is 0.347 e. The molecule has 0 aliphatic heterocycles. The topological polar surface area (TPSA) is 49.4 Å². The normalized spacial score (nSPS) is 10.8. The third-order valence-corrected chi connectivity index (χ3v) is 3.91. The maximum absolute atomic E-state index is 12.4. The fourth-order valence-corrected chi connectivity index (χ4v) is 2.41. The van der Waals surface area contributed by atoms with E-state index in [0.29, 0.717) is 6.54 Å². The minimum absolute atomic E-state index is 0.00516. The van der Waals surface area contributed by atoms with E-state index in [1.807, 2.05) is 58.0 Å². The molecule has 0 spiro atoms. The van der Waals surface area contributed by atoms with Gasteiger partial charge in [-0.1, -0.05) is 44.2 Å². The first-order valence-corrected chi connectivity index (χ1v) is 8.10. The van der Waals surface area contributed by atoms with Gasteiger partial charge < -0.3 is 10.2 Å². The van der Waals surface area contributed by atoms with Gasteiger partial charge in [-0.05, 0) is 32.3 Å². The third-order valence-electron chi connectivity index (χ3n) is 3.91. The highest BCUT2D eigenvalue weighted by Gasteiger charge is 2.20. The van der Waals surface area contributed by atoms with Crippen LogP contribution >= 0.6 is 0 Å². The van der Waals surface area contributed by atoms with Crippen LogP contribution in [0.25, 0.3) is 0 Å². The van der Waals surface area contributed by atoms with Gasteiger partial charge in [0, 0.05) is 18.5 Å². The lowest BCUT2D eigenvalue weighted by Gasteiger charge is -2.27. The predicted octanol–water partition coefficient (Wildman–Crippen LogP) is 2.98. The van der Waals surface area contributed by atoms with Crippen LogP contribution in [0.1, 0.15) is 46.1 Å². The molecular weight excluding hydrogens is 276 g/mol. The van der Waals surface area contributed by atoms with Crippen molar-refractivity contribution in [3.63, 3.8) is 0 Å². The average Bonchev–Trinajstić information content (AvgIpc) is 2.52. The fourth-order valence-electron chi connectivity index (χ4n) is 2.41. The number of rotatable bonds is 8. The number of hydrogen-bond acceptors (Lipinski definition) is 2. The van der Waals surface area contributed by atoms with Gasteiger partial charge in [-0.2, -0.15) is 0 Å². The Morgan fingerprint density at radius 3 is 2.18 bits per heavy atom. The lowest BCUT2D eigenvalue weighted by molar-refractivity contribution is -0.135. The summed E-state index contributed by atoms with van der Waals surface area (Å²) in [5, 5.41) is 2.78. The van der Waals surface area contributed by atoms with Gasteiger partial charge in [-0.3, -0.25) is 9.59 Å².